The van der Waals surface area contributed by atoms with Crippen LogP contribution in [0.3, 0.4) is 0 Å². The second-order valence-corrected chi connectivity index (χ2v) is 14.1. The first-order valence-corrected chi connectivity index (χ1v) is 19.5. The Hall–Kier alpha value is -7.43. The van der Waals surface area contributed by atoms with Gasteiger partial charge in [-0.25, -0.2) is 0 Å². The molecule has 0 bridgehead atoms. The number of hydrogen-bond donors (Lipinski definition) is 3. The van der Waals surface area contributed by atoms with E-state index in [2.05, 4.69) is 109 Å². The van der Waals surface area contributed by atoms with Gasteiger partial charge in [0.25, 0.3) is 0 Å². The maximum atomic E-state index is 6.68. The van der Waals surface area contributed by atoms with Gasteiger partial charge in [0.1, 0.15) is 0 Å². The van der Waals surface area contributed by atoms with Crippen LogP contribution in [-0.4, -0.2) is 6.21 Å². The molecule has 286 valence electrons. The Morgan fingerprint density at radius 1 is 0.621 bits per heavy atom. The van der Waals surface area contributed by atoms with Crippen molar-refractivity contribution in [3.63, 3.8) is 0 Å². The fourth-order valence-electron chi connectivity index (χ4n) is 6.84. The van der Waals surface area contributed by atoms with Crippen molar-refractivity contribution in [2.45, 2.75) is 19.3 Å². The highest BCUT2D eigenvalue weighted by Gasteiger charge is 2.35. The fraction of sp³-hybridized carbons (Fsp3) is 0.0556. The number of rotatable bonds is 8. The maximum absolute atomic E-state index is 6.68. The van der Waals surface area contributed by atoms with Gasteiger partial charge >= 0.3 is 0 Å². The van der Waals surface area contributed by atoms with Crippen LogP contribution < -0.4 is 16.5 Å². The van der Waals surface area contributed by atoms with Crippen molar-refractivity contribution >= 4 is 34.4 Å². The molecule has 0 saturated carbocycles. The molecule has 5 aromatic carbocycles. The van der Waals surface area contributed by atoms with E-state index in [0.717, 1.165) is 27.7 Å². The second-order valence-electron chi connectivity index (χ2n) is 14.1. The minimum atomic E-state index is -0.102. The van der Waals surface area contributed by atoms with Crippen LogP contribution in [0, 0.1) is 0 Å². The quantitative estimate of drug-likeness (QED) is 0.0840. The summed E-state index contributed by atoms with van der Waals surface area (Å²) in [4.78, 5) is 0. The second kappa shape index (κ2) is 20.5. The molecule has 0 radical (unpaired) electrons. The molecule has 0 aromatic heterocycles. The average molecular weight is 755 g/mol. The number of nitrogens with one attached hydrogen (secondary N) is 2. The first kappa shape index (κ1) is 40.2. The van der Waals surface area contributed by atoms with Gasteiger partial charge < -0.3 is 11.1 Å². The zero-order valence-electron chi connectivity index (χ0n) is 33.2. The van der Waals surface area contributed by atoms with Crippen molar-refractivity contribution in [3.05, 3.63) is 248 Å². The molecule has 0 unspecified atom stereocenters. The van der Waals surface area contributed by atoms with Gasteiger partial charge in [0.05, 0.1) is 5.70 Å². The summed E-state index contributed by atoms with van der Waals surface area (Å²) in [7, 11) is 0. The summed E-state index contributed by atoms with van der Waals surface area (Å²) in [5.74, 6) is 0. The van der Waals surface area contributed by atoms with Crippen LogP contribution in [0.25, 0.3) is 39.1 Å². The molecule has 5 aromatic rings. The zero-order valence-corrected chi connectivity index (χ0v) is 33.2. The summed E-state index contributed by atoms with van der Waals surface area (Å²) < 4.78 is 0. The number of hydrogen-bond acceptors (Lipinski definition) is 4. The smallest absolute Gasteiger partial charge is 0.0561 e. The summed E-state index contributed by atoms with van der Waals surface area (Å²) in [6.07, 6.45) is 33.0. The van der Waals surface area contributed by atoms with Crippen LogP contribution >= 0.6 is 0 Å². The van der Waals surface area contributed by atoms with Crippen LogP contribution in [0.4, 0.5) is 11.4 Å². The first-order chi connectivity index (χ1) is 28.5. The van der Waals surface area contributed by atoms with Crippen molar-refractivity contribution in [1.29, 1.82) is 0 Å². The third-order valence-electron chi connectivity index (χ3n) is 9.75. The van der Waals surface area contributed by atoms with Gasteiger partial charge in [-0.05, 0) is 98.8 Å². The molecular weight excluding hydrogens is 705 g/mol. The monoisotopic (exact) mass is 754 g/mol. The van der Waals surface area contributed by atoms with Gasteiger partial charge in [-0.1, -0.05) is 184 Å². The van der Waals surface area contributed by atoms with Gasteiger partial charge in [-0.3, -0.25) is 5.43 Å². The molecule has 0 amide bonds. The number of nitrogens with two attached hydrogens (primary N) is 1. The summed E-state index contributed by atoms with van der Waals surface area (Å²) >= 11 is 0. The molecule has 2 aliphatic rings. The molecule has 0 fully saturated rings. The van der Waals surface area contributed by atoms with E-state index in [1.165, 1.54) is 33.4 Å². The van der Waals surface area contributed by atoms with Gasteiger partial charge in [-0.2, -0.15) is 5.10 Å². The minimum absolute atomic E-state index is 0.102. The van der Waals surface area contributed by atoms with Gasteiger partial charge in [-0.15, -0.1) is 0 Å². The van der Waals surface area contributed by atoms with Crippen LogP contribution in [0.5, 0.6) is 0 Å². The number of hydrazone groups is 1. The fourth-order valence-corrected chi connectivity index (χ4v) is 6.84. The molecule has 0 spiro atoms. The topological polar surface area (TPSA) is 62.4 Å². The number of benzene rings is 4. The number of allylic oxidation sites excluding steroid dienone is 14. The van der Waals surface area contributed by atoms with E-state index in [4.69, 9.17) is 5.73 Å². The number of nitrogen functional groups attached to an aromatic ring is 1. The van der Waals surface area contributed by atoms with E-state index in [1.54, 1.807) is 12.3 Å². The third-order valence-corrected chi connectivity index (χ3v) is 9.75. The highest BCUT2D eigenvalue weighted by atomic mass is 15.3. The van der Waals surface area contributed by atoms with E-state index in [1.807, 2.05) is 146 Å². The molecule has 4 nitrogen and oxygen atoms in total. The van der Waals surface area contributed by atoms with Crippen molar-refractivity contribution < 1.29 is 0 Å². The lowest BCUT2D eigenvalue weighted by Gasteiger charge is -2.21. The van der Waals surface area contributed by atoms with Crippen LogP contribution in [0.2, 0.25) is 0 Å². The standard InChI is InChI=1S/C38H35N3.C16H15N/c1-38(2)35-24-17-16-22-31(35)34-27-29-19-12-10-11-15-25-37(39)32(33(29)28-36(34)38)23-18-26-40-41-30-20-13-8-6-4-3-5-7-9-14-21-30;1-2-3-12-17-16-11-7-10-15(13-16)14-8-5-4-6-9-14/h3-28,41H,39H2,1-2H3;2-13,17H,1H2/b4-3-,5-3?,6-4?,7-5-,8-6+,9-7?,11-10?,12-10?,13-8?,14-9-,15-11?,19-12?,20-13+,21-14?,23-18-,25-15?,29-19?,30-20?,30-21+,33-32?,37-25?,37-32?,40-26-;12-3-. The largest absolute Gasteiger partial charge is 0.398 e. The zero-order chi connectivity index (χ0) is 40.4. The number of nitrogens with zero attached hydrogens (tertiary/aromatic N) is 1. The van der Waals surface area contributed by atoms with Gasteiger partial charge in [0.2, 0.25) is 0 Å². The SMILES string of the molecule is C=C/C=C\Nc1cccc(-c2ccccc2)c1.CC1(C)c2ccccc2-c2cc3ccccccc(N)c(/C=C\C=N/NC4=C/C=C\C=C/C=C\C=C\C=C\4)c3cc21. The van der Waals surface area contributed by atoms with Crippen molar-refractivity contribution in [2.75, 3.05) is 11.1 Å². The van der Waals surface area contributed by atoms with Gasteiger partial charge in [0, 0.05) is 34.8 Å². The lowest BCUT2D eigenvalue weighted by molar-refractivity contribution is 0.661. The molecular formula is C54H50N4. The number of anilines is 2. The van der Waals surface area contributed by atoms with E-state index in [-0.39, 0.29) is 5.41 Å². The predicted octanol–water partition coefficient (Wildman–Crippen LogP) is 13.6. The van der Waals surface area contributed by atoms with Crippen molar-refractivity contribution in [3.8, 4) is 22.3 Å². The van der Waals surface area contributed by atoms with Crippen LogP contribution in [0.1, 0.15) is 30.5 Å². The average Bonchev–Trinajstić information content (AvgIpc) is 3.46. The number of fused-ring (bicyclic) bond motifs is 4. The Morgan fingerprint density at radius 3 is 2.09 bits per heavy atom. The van der Waals surface area contributed by atoms with E-state index >= 15 is 0 Å². The Bertz CT molecular complexity index is 2560. The van der Waals surface area contributed by atoms with Crippen molar-refractivity contribution in [1.82, 2.24) is 5.43 Å². The summed E-state index contributed by atoms with van der Waals surface area (Å²) in [6, 6.07) is 44.2. The van der Waals surface area contributed by atoms with E-state index < -0.39 is 0 Å². The molecule has 2 aliphatic carbocycles. The van der Waals surface area contributed by atoms with E-state index in [0.29, 0.717) is 5.69 Å². The normalized spacial score (nSPS) is 17.5. The molecule has 0 atom stereocenters. The Balaban J connectivity index is 0.000000278. The highest BCUT2D eigenvalue weighted by molar-refractivity contribution is 6.00. The van der Waals surface area contributed by atoms with Gasteiger partial charge in [0.15, 0.2) is 0 Å². The molecule has 4 heteroatoms. The molecule has 58 heavy (non-hydrogen) atoms. The Morgan fingerprint density at radius 2 is 1.29 bits per heavy atom. The maximum Gasteiger partial charge on any atom is 0.0561 e. The Labute approximate surface area is 343 Å². The summed E-state index contributed by atoms with van der Waals surface area (Å²) in [5.41, 5.74) is 21.0. The molecule has 0 aliphatic heterocycles. The first-order valence-electron chi connectivity index (χ1n) is 19.5. The predicted molar refractivity (Wildman–Crippen MR) is 253 cm³/mol. The lowest BCUT2D eigenvalue weighted by Crippen LogP contribution is -2.14. The minimum Gasteiger partial charge on any atom is -0.398 e. The molecule has 7 rings (SSSR count). The molecule has 4 N–H and O–H groups in total. The molecule has 0 heterocycles. The molecule has 0 saturated heterocycles. The van der Waals surface area contributed by atoms with Crippen LogP contribution in [-0.2, 0) is 5.41 Å². The lowest BCUT2D eigenvalue weighted by atomic mass is 9.81. The van der Waals surface area contributed by atoms with Crippen molar-refractivity contribution in [2.24, 2.45) is 5.10 Å². The third kappa shape index (κ3) is 10.7. The summed E-state index contributed by atoms with van der Waals surface area (Å²) in [5, 5.41) is 9.86. The van der Waals surface area contributed by atoms with Crippen LogP contribution in [0.15, 0.2) is 236 Å². The Kier molecular flexibility index (Phi) is 14.2. The van der Waals surface area contributed by atoms with E-state index in [9.17, 15) is 0 Å². The highest BCUT2D eigenvalue weighted by Crippen LogP contribution is 2.50. The summed E-state index contributed by atoms with van der Waals surface area (Å²) in [6.45, 7) is 8.23.